The normalized spacial score (nSPS) is 14.1. The van der Waals surface area contributed by atoms with Crippen molar-refractivity contribution in [3.63, 3.8) is 0 Å². The van der Waals surface area contributed by atoms with Gasteiger partial charge in [-0.05, 0) is 12.3 Å². The van der Waals surface area contributed by atoms with E-state index in [1.54, 1.807) is 12.5 Å². The number of aromatic nitrogens is 2. The van der Waals surface area contributed by atoms with E-state index >= 15 is 0 Å². The van der Waals surface area contributed by atoms with Crippen LogP contribution in [0.1, 0.15) is 45.2 Å². The minimum Gasteiger partial charge on any atom is -0.464 e. The summed E-state index contributed by atoms with van der Waals surface area (Å²) in [6.45, 7) is 4.77. The fourth-order valence-electron chi connectivity index (χ4n) is 1.92. The molecular weight excluding hydrogens is 242 g/mol. The van der Waals surface area contributed by atoms with Crippen LogP contribution in [-0.2, 0) is 16.0 Å². The third-order valence-electron chi connectivity index (χ3n) is 3.30. The van der Waals surface area contributed by atoms with Crippen molar-refractivity contribution in [1.29, 1.82) is 0 Å². The molecule has 5 heteroatoms. The molecule has 2 atom stereocenters. The van der Waals surface area contributed by atoms with E-state index in [9.17, 15) is 4.79 Å². The SMILES string of the molecule is CCCCC(CC)COC(=O)C(N)Cc1cnc[nH]1. The fourth-order valence-corrected chi connectivity index (χ4v) is 1.92. The van der Waals surface area contributed by atoms with E-state index in [-0.39, 0.29) is 5.97 Å². The molecule has 108 valence electrons. The number of carbonyl (C=O) groups excluding carboxylic acids is 1. The van der Waals surface area contributed by atoms with E-state index in [0.29, 0.717) is 18.9 Å². The number of aromatic amines is 1. The van der Waals surface area contributed by atoms with Crippen molar-refractivity contribution in [3.05, 3.63) is 18.2 Å². The van der Waals surface area contributed by atoms with Crippen LogP contribution in [0.15, 0.2) is 12.5 Å². The van der Waals surface area contributed by atoms with Gasteiger partial charge in [0.2, 0.25) is 0 Å². The number of nitrogens with one attached hydrogen (secondary N) is 1. The third kappa shape index (κ3) is 5.87. The Kier molecular flexibility index (Phi) is 7.18. The Morgan fingerprint density at radius 2 is 2.32 bits per heavy atom. The molecular formula is C14H25N3O2. The highest BCUT2D eigenvalue weighted by Gasteiger charge is 2.18. The zero-order chi connectivity index (χ0) is 14.1. The molecule has 19 heavy (non-hydrogen) atoms. The van der Waals surface area contributed by atoms with Gasteiger partial charge in [0, 0.05) is 18.3 Å². The zero-order valence-corrected chi connectivity index (χ0v) is 11.9. The molecule has 0 aliphatic carbocycles. The number of H-pyrrole nitrogens is 1. The van der Waals surface area contributed by atoms with E-state index < -0.39 is 6.04 Å². The van der Waals surface area contributed by atoms with Crippen LogP contribution in [0.4, 0.5) is 0 Å². The predicted molar refractivity (Wildman–Crippen MR) is 74.5 cm³/mol. The molecule has 0 bridgehead atoms. The molecule has 0 amide bonds. The second kappa shape index (κ2) is 8.69. The summed E-state index contributed by atoms with van der Waals surface area (Å²) in [6.07, 6.45) is 8.16. The first-order valence-electron chi connectivity index (χ1n) is 7.06. The summed E-state index contributed by atoms with van der Waals surface area (Å²) in [6, 6.07) is -0.621. The number of carbonyl (C=O) groups is 1. The van der Waals surface area contributed by atoms with Crippen LogP contribution in [0.25, 0.3) is 0 Å². The summed E-state index contributed by atoms with van der Waals surface area (Å²) in [7, 11) is 0. The maximum atomic E-state index is 11.8. The maximum Gasteiger partial charge on any atom is 0.323 e. The van der Waals surface area contributed by atoms with Crippen molar-refractivity contribution in [2.45, 2.75) is 52.0 Å². The molecule has 1 heterocycles. The number of rotatable bonds is 9. The Hall–Kier alpha value is -1.36. The van der Waals surface area contributed by atoms with Gasteiger partial charge in [0.05, 0.1) is 12.9 Å². The number of nitrogens with two attached hydrogens (primary N) is 1. The highest BCUT2D eigenvalue weighted by molar-refractivity contribution is 5.75. The number of hydrogen-bond acceptors (Lipinski definition) is 4. The van der Waals surface area contributed by atoms with Crippen molar-refractivity contribution in [3.8, 4) is 0 Å². The molecule has 0 spiro atoms. The van der Waals surface area contributed by atoms with Crippen molar-refractivity contribution >= 4 is 5.97 Å². The second-order valence-corrected chi connectivity index (χ2v) is 4.93. The summed E-state index contributed by atoms with van der Waals surface area (Å²) in [4.78, 5) is 18.6. The lowest BCUT2D eigenvalue weighted by Crippen LogP contribution is -2.35. The second-order valence-electron chi connectivity index (χ2n) is 4.93. The van der Waals surface area contributed by atoms with Crippen LogP contribution in [0.2, 0.25) is 0 Å². The molecule has 1 aromatic heterocycles. The smallest absolute Gasteiger partial charge is 0.323 e. The van der Waals surface area contributed by atoms with Gasteiger partial charge in [0.1, 0.15) is 6.04 Å². The van der Waals surface area contributed by atoms with Gasteiger partial charge in [0.25, 0.3) is 0 Å². The van der Waals surface area contributed by atoms with E-state index in [1.165, 1.54) is 12.8 Å². The minimum absolute atomic E-state index is 0.329. The number of esters is 1. The predicted octanol–water partition coefficient (Wildman–Crippen LogP) is 2.04. The summed E-state index contributed by atoms with van der Waals surface area (Å²) >= 11 is 0. The van der Waals surface area contributed by atoms with Gasteiger partial charge in [-0.1, -0.05) is 33.1 Å². The topological polar surface area (TPSA) is 81.0 Å². The molecule has 5 nitrogen and oxygen atoms in total. The first-order valence-corrected chi connectivity index (χ1v) is 7.06. The van der Waals surface area contributed by atoms with E-state index in [1.807, 2.05) is 0 Å². The van der Waals surface area contributed by atoms with Crippen molar-refractivity contribution in [2.24, 2.45) is 11.7 Å². The number of nitrogens with zero attached hydrogens (tertiary/aromatic N) is 1. The minimum atomic E-state index is -0.621. The molecule has 2 unspecified atom stereocenters. The van der Waals surface area contributed by atoms with Gasteiger partial charge in [-0.15, -0.1) is 0 Å². The van der Waals surface area contributed by atoms with Crippen LogP contribution in [-0.4, -0.2) is 28.6 Å². The van der Waals surface area contributed by atoms with Gasteiger partial charge < -0.3 is 15.5 Å². The first kappa shape index (κ1) is 15.7. The van der Waals surface area contributed by atoms with Crippen molar-refractivity contribution in [2.75, 3.05) is 6.61 Å². The number of hydrogen-bond donors (Lipinski definition) is 2. The maximum absolute atomic E-state index is 11.8. The zero-order valence-electron chi connectivity index (χ0n) is 11.9. The summed E-state index contributed by atoms with van der Waals surface area (Å²) in [5.74, 6) is 0.118. The van der Waals surface area contributed by atoms with Crippen LogP contribution >= 0.6 is 0 Å². The summed E-state index contributed by atoms with van der Waals surface area (Å²) in [5.41, 5.74) is 6.66. The van der Waals surface area contributed by atoms with Gasteiger partial charge in [-0.25, -0.2) is 4.98 Å². The van der Waals surface area contributed by atoms with Crippen LogP contribution in [0, 0.1) is 5.92 Å². The molecule has 0 saturated carbocycles. The molecule has 1 rings (SSSR count). The standard InChI is InChI=1S/C14H25N3O2/c1-3-5-6-11(4-2)9-19-14(18)13(15)7-12-8-16-10-17-12/h8,10-11,13H,3-7,9,15H2,1-2H3,(H,16,17). The highest BCUT2D eigenvalue weighted by atomic mass is 16.5. The monoisotopic (exact) mass is 267 g/mol. The van der Waals surface area contributed by atoms with Gasteiger partial charge in [-0.2, -0.15) is 0 Å². The van der Waals surface area contributed by atoms with Crippen LogP contribution in [0.5, 0.6) is 0 Å². The largest absolute Gasteiger partial charge is 0.464 e. The lowest BCUT2D eigenvalue weighted by Gasteiger charge is -2.16. The van der Waals surface area contributed by atoms with Gasteiger partial charge >= 0.3 is 5.97 Å². The Labute approximate surface area is 114 Å². The number of ether oxygens (including phenoxy) is 1. The molecule has 0 aliphatic heterocycles. The van der Waals surface area contributed by atoms with Crippen LogP contribution in [0.3, 0.4) is 0 Å². The summed E-state index contributed by atoms with van der Waals surface area (Å²) < 4.78 is 5.30. The average Bonchev–Trinajstić information content (AvgIpc) is 2.91. The molecule has 0 aliphatic rings. The molecule has 3 N–H and O–H groups in total. The fraction of sp³-hybridized carbons (Fsp3) is 0.714. The average molecular weight is 267 g/mol. The Bertz CT molecular complexity index is 352. The van der Waals surface area contributed by atoms with Crippen LogP contribution < -0.4 is 5.73 Å². The summed E-state index contributed by atoms with van der Waals surface area (Å²) in [5, 5.41) is 0. The molecule has 0 radical (unpaired) electrons. The number of unbranched alkanes of at least 4 members (excludes halogenated alkanes) is 1. The third-order valence-corrected chi connectivity index (χ3v) is 3.30. The Morgan fingerprint density at radius 3 is 2.89 bits per heavy atom. The molecule has 0 aromatic carbocycles. The quantitative estimate of drug-likeness (QED) is 0.671. The van der Waals surface area contributed by atoms with Crippen molar-refractivity contribution < 1.29 is 9.53 Å². The number of imidazole rings is 1. The first-order chi connectivity index (χ1) is 9.17. The van der Waals surface area contributed by atoms with E-state index in [2.05, 4.69) is 23.8 Å². The van der Waals surface area contributed by atoms with Gasteiger partial charge in [-0.3, -0.25) is 4.79 Å². The Morgan fingerprint density at radius 1 is 1.53 bits per heavy atom. The van der Waals surface area contributed by atoms with E-state index in [4.69, 9.17) is 10.5 Å². The lowest BCUT2D eigenvalue weighted by atomic mass is 10.0. The molecule has 0 saturated heterocycles. The Balaban J connectivity index is 2.29. The molecule has 1 aromatic rings. The molecule has 0 fully saturated rings. The highest BCUT2D eigenvalue weighted by Crippen LogP contribution is 2.13. The van der Waals surface area contributed by atoms with E-state index in [0.717, 1.165) is 18.5 Å². The van der Waals surface area contributed by atoms with Crippen molar-refractivity contribution in [1.82, 2.24) is 9.97 Å². The van der Waals surface area contributed by atoms with Gasteiger partial charge in [0.15, 0.2) is 0 Å². The lowest BCUT2D eigenvalue weighted by molar-refractivity contribution is -0.146.